The van der Waals surface area contributed by atoms with Crippen LogP contribution in [0.1, 0.15) is 30.9 Å². The maximum Gasteiger partial charge on any atom is 0.147 e. The second-order valence-corrected chi connectivity index (χ2v) is 8.34. The van der Waals surface area contributed by atoms with Crippen molar-refractivity contribution in [3.8, 4) is 0 Å². The van der Waals surface area contributed by atoms with Crippen LogP contribution in [0.2, 0.25) is 0 Å². The lowest BCUT2D eigenvalue weighted by atomic mass is 10.1. The molecule has 0 aliphatic carbocycles. The van der Waals surface area contributed by atoms with Gasteiger partial charge in [-0.25, -0.2) is 4.39 Å². The molecule has 0 spiro atoms. The summed E-state index contributed by atoms with van der Waals surface area (Å²) in [4.78, 5) is 7.47. The minimum atomic E-state index is -0.165. The third-order valence-corrected chi connectivity index (χ3v) is 6.51. The zero-order valence-electron chi connectivity index (χ0n) is 16.4. The zero-order valence-corrected chi connectivity index (χ0v) is 16.4. The van der Waals surface area contributed by atoms with E-state index < -0.39 is 0 Å². The molecule has 0 amide bonds. The topological polar surface area (TPSA) is 40.4 Å². The number of hydrogen-bond acceptors (Lipinski definition) is 5. The Bertz CT molecular complexity index is 790. The van der Waals surface area contributed by atoms with Crippen molar-refractivity contribution in [2.45, 2.75) is 44.8 Å². The fraction of sp³-hybridized carbons (Fsp3) is 0.619. The first-order valence-corrected chi connectivity index (χ1v) is 10.6. The molecule has 0 N–H and O–H groups in total. The largest absolute Gasteiger partial charge is 0.369 e. The quantitative estimate of drug-likeness (QED) is 0.808. The molecule has 150 valence electrons. The van der Waals surface area contributed by atoms with E-state index in [-0.39, 0.29) is 5.82 Å². The van der Waals surface area contributed by atoms with Crippen molar-refractivity contribution in [1.82, 2.24) is 24.6 Å². The minimum Gasteiger partial charge on any atom is -0.369 e. The van der Waals surface area contributed by atoms with E-state index >= 15 is 0 Å². The van der Waals surface area contributed by atoms with Crippen LogP contribution in [-0.4, -0.2) is 69.9 Å². The van der Waals surface area contributed by atoms with Crippen LogP contribution in [0.4, 0.5) is 10.1 Å². The number of likely N-dealkylation sites (tertiary alicyclic amines) is 1. The maximum absolute atomic E-state index is 13.1. The molecule has 1 aromatic heterocycles. The lowest BCUT2D eigenvalue weighted by Gasteiger charge is -2.48. The highest BCUT2D eigenvalue weighted by Gasteiger charge is 2.34. The van der Waals surface area contributed by atoms with E-state index in [0.717, 1.165) is 70.3 Å². The van der Waals surface area contributed by atoms with Crippen molar-refractivity contribution in [3.63, 3.8) is 0 Å². The van der Waals surface area contributed by atoms with E-state index in [2.05, 4.69) is 29.5 Å². The van der Waals surface area contributed by atoms with Gasteiger partial charge in [-0.3, -0.25) is 9.80 Å². The standard InChI is InChI=1S/C21H29FN6/c22-17-5-7-18(8-6-17)26-10-12-27(13-11-26)19-14-25(15-19)16-21-24-23-20-4-2-1-3-9-28(20)21/h5-8,19H,1-4,9-16H2. The lowest BCUT2D eigenvalue weighted by molar-refractivity contribution is 0.0233. The Morgan fingerprint density at radius 3 is 2.46 bits per heavy atom. The predicted molar refractivity (Wildman–Crippen MR) is 107 cm³/mol. The van der Waals surface area contributed by atoms with Gasteiger partial charge in [0.2, 0.25) is 0 Å². The summed E-state index contributed by atoms with van der Waals surface area (Å²) in [5.74, 6) is 2.17. The fourth-order valence-corrected chi connectivity index (χ4v) is 4.76. The van der Waals surface area contributed by atoms with Gasteiger partial charge in [0, 0.05) is 64.0 Å². The first kappa shape index (κ1) is 18.1. The second kappa shape index (κ2) is 7.79. The van der Waals surface area contributed by atoms with E-state index in [1.54, 1.807) is 12.1 Å². The third-order valence-electron chi connectivity index (χ3n) is 6.51. The molecule has 6 nitrogen and oxygen atoms in total. The van der Waals surface area contributed by atoms with Crippen LogP contribution in [0.3, 0.4) is 0 Å². The average molecular weight is 385 g/mol. The first-order chi connectivity index (χ1) is 13.8. The number of rotatable bonds is 4. The summed E-state index contributed by atoms with van der Waals surface area (Å²) in [6, 6.07) is 7.53. The Labute approximate surface area is 165 Å². The zero-order chi connectivity index (χ0) is 18.9. The monoisotopic (exact) mass is 384 g/mol. The summed E-state index contributed by atoms with van der Waals surface area (Å²) in [6.07, 6.45) is 4.87. The summed E-state index contributed by atoms with van der Waals surface area (Å²) >= 11 is 0. The predicted octanol–water partition coefficient (Wildman–Crippen LogP) is 2.15. The molecule has 0 bridgehead atoms. The van der Waals surface area contributed by atoms with Crippen molar-refractivity contribution < 1.29 is 4.39 Å². The Kier molecular flexibility index (Phi) is 5.03. The highest BCUT2D eigenvalue weighted by molar-refractivity contribution is 5.46. The van der Waals surface area contributed by atoms with Gasteiger partial charge < -0.3 is 9.47 Å². The molecule has 1 aromatic carbocycles. The minimum absolute atomic E-state index is 0.165. The molecule has 2 fully saturated rings. The van der Waals surface area contributed by atoms with Gasteiger partial charge in [-0.2, -0.15) is 0 Å². The first-order valence-electron chi connectivity index (χ1n) is 10.6. The summed E-state index contributed by atoms with van der Waals surface area (Å²) in [6.45, 7) is 8.45. The van der Waals surface area contributed by atoms with Gasteiger partial charge in [-0.15, -0.1) is 10.2 Å². The van der Waals surface area contributed by atoms with Gasteiger partial charge in [0.05, 0.1) is 6.54 Å². The number of piperazine rings is 1. The van der Waals surface area contributed by atoms with E-state index in [1.165, 1.54) is 25.1 Å². The smallest absolute Gasteiger partial charge is 0.147 e. The number of halogens is 1. The molecule has 4 heterocycles. The van der Waals surface area contributed by atoms with Gasteiger partial charge in [-0.05, 0) is 37.1 Å². The molecule has 0 radical (unpaired) electrons. The fourth-order valence-electron chi connectivity index (χ4n) is 4.76. The van der Waals surface area contributed by atoms with E-state index in [1.807, 2.05) is 12.1 Å². The summed E-state index contributed by atoms with van der Waals surface area (Å²) in [5, 5.41) is 8.90. The van der Waals surface area contributed by atoms with E-state index in [4.69, 9.17) is 0 Å². The van der Waals surface area contributed by atoms with Crippen molar-refractivity contribution in [2.24, 2.45) is 0 Å². The van der Waals surface area contributed by atoms with E-state index in [9.17, 15) is 4.39 Å². The Balaban J connectivity index is 1.10. The normalized spacial score (nSPS) is 22.0. The van der Waals surface area contributed by atoms with Crippen LogP contribution in [0, 0.1) is 5.82 Å². The van der Waals surface area contributed by atoms with Gasteiger partial charge in [0.15, 0.2) is 0 Å². The van der Waals surface area contributed by atoms with Gasteiger partial charge in [-0.1, -0.05) is 6.42 Å². The maximum atomic E-state index is 13.1. The van der Waals surface area contributed by atoms with Crippen LogP contribution in [0.5, 0.6) is 0 Å². The molecule has 0 unspecified atom stereocenters. The third kappa shape index (κ3) is 3.65. The Morgan fingerprint density at radius 2 is 1.68 bits per heavy atom. The number of benzene rings is 1. The Hall–Kier alpha value is -1.99. The van der Waals surface area contributed by atoms with E-state index in [0.29, 0.717) is 6.04 Å². The number of nitrogens with zero attached hydrogens (tertiary/aromatic N) is 6. The number of anilines is 1. The highest BCUT2D eigenvalue weighted by Crippen LogP contribution is 2.23. The van der Waals surface area contributed by atoms with Crippen molar-refractivity contribution in [2.75, 3.05) is 44.2 Å². The lowest BCUT2D eigenvalue weighted by Crippen LogP contribution is -2.62. The van der Waals surface area contributed by atoms with Crippen LogP contribution in [0.25, 0.3) is 0 Å². The molecular formula is C21H29FN6. The van der Waals surface area contributed by atoms with Gasteiger partial charge in [0.25, 0.3) is 0 Å². The summed E-state index contributed by atoms with van der Waals surface area (Å²) in [7, 11) is 0. The number of hydrogen-bond donors (Lipinski definition) is 0. The molecule has 3 aliphatic heterocycles. The summed E-state index contributed by atoms with van der Waals surface area (Å²) in [5.41, 5.74) is 1.13. The molecule has 28 heavy (non-hydrogen) atoms. The SMILES string of the molecule is Fc1ccc(N2CCN(C3CN(Cc4nnc5n4CCCCC5)C3)CC2)cc1. The molecule has 0 saturated carbocycles. The molecule has 3 aliphatic rings. The van der Waals surface area contributed by atoms with Crippen LogP contribution < -0.4 is 4.90 Å². The van der Waals surface area contributed by atoms with Crippen molar-refractivity contribution >= 4 is 5.69 Å². The van der Waals surface area contributed by atoms with Crippen LogP contribution in [-0.2, 0) is 19.5 Å². The Morgan fingerprint density at radius 1 is 0.893 bits per heavy atom. The number of aromatic nitrogens is 3. The molecule has 7 heteroatoms. The second-order valence-electron chi connectivity index (χ2n) is 8.34. The van der Waals surface area contributed by atoms with Gasteiger partial charge in [0.1, 0.15) is 17.5 Å². The van der Waals surface area contributed by atoms with Crippen molar-refractivity contribution in [3.05, 3.63) is 41.7 Å². The van der Waals surface area contributed by atoms with Crippen molar-refractivity contribution in [1.29, 1.82) is 0 Å². The summed E-state index contributed by atoms with van der Waals surface area (Å²) < 4.78 is 15.5. The van der Waals surface area contributed by atoms with Gasteiger partial charge >= 0.3 is 0 Å². The highest BCUT2D eigenvalue weighted by atomic mass is 19.1. The van der Waals surface area contributed by atoms with Crippen LogP contribution >= 0.6 is 0 Å². The number of fused-ring (bicyclic) bond motifs is 1. The molecule has 5 rings (SSSR count). The molecular weight excluding hydrogens is 355 g/mol. The molecule has 0 atom stereocenters. The molecule has 2 aromatic rings. The average Bonchev–Trinajstić information content (AvgIpc) is 2.91. The molecule has 2 saturated heterocycles. The van der Waals surface area contributed by atoms with Crippen LogP contribution in [0.15, 0.2) is 24.3 Å². The number of aryl methyl sites for hydroxylation is 1.